The zero-order chi connectivity index (χ0) is 22.7. The summed E-state index contributed by atoms with van der Waals surface area (Å²) in [5.41, 5.74) is 0.887. The van der Waals surface area contributed by atoms with E-state index in [1.807, 2.05) is 0 Å². The van der Waals surface area contributed by atoms with Gasteiger partial charge in [0.05, 0.1) is 28.0 Å². The lowest BCUT2D eigenvalue weighted by molar-refractivity contribution is -0.138. The summed E-state index contributed by atoms with van der Waals surface area (Å²) in [5.74, 6) is -4.79. The highest BCUT2D eigenvalue weighted by Crippen LogP contribution is 2.33. The Kier molecular flexibility index (Phi) is 6.67. The second-order valence-corrected chi connectivity index (χ2v) is 7.52. The van der Waals surface area contributed by atoms with Gasteiger partial charge in [-0.1, -0.05) is 35.3 Å². The Morgan fingerprint density at radius 2 is 1.81 bits per heavy atom. The van der Waals surface area contributed by atoms with Crippen molar-refractivity contribution in [3.05, 3.63) is 52.0 Å². The number of anilines is 2. The lowest BCUT2D eigenvalue weighted by Crippen LogP contribution is -2.45. The number of phenols is 1. The molecule has 3 rings (SSSR count). The molecule has 4 N–H and O–H groups in total. The molecule has 0 unspecified atom stereocenters. The second-order valence-electron chi connectivity index (χ2n) is 6.71. The van der Waals surface area contributed by atoms with Crippen molar-refractivity contribution in [2.75, 3.05) is 29.9 Å². The smallest absolute Gasteiger partial charge is 0.323 e. The number of carboxylic acids is 1. The van der Waals surface area contributed by atoms with E-state index < -0.39 is 42.6 Å². The maximum Gasteiger partial charge on any atom is 0.323 e. The molecular weight excluding hydrogens is 449 g/mol. The highest BCUT2D eigenvalue weighted by Gasteiger charge is 2.35. The number of benzene rings is 2. The molecule has 162 valence electrons. The quantitative estimate of drug-likeness (QED) is 0.479. The molecule has 0 aromatic heterocycles. The van der Waals surface area contributed by atoms with Gasteiger partial charge in [0.25, 0.3) is 5.91 Å². The molecular formula is C20H17Cl2N3O6. The third kappa shape index (κ3) is 4.89. The fraction of sp³-hybridized carbons (Fsp3) is 0.200. The molecule has 0 bridgehead atoms. The number of rotatable bonds is 6. The lowest BCUT2D eigenvalue weighted by Gasteiger charge is -2.23. The van der Waals surface area contributed by atoms with Crippen LogP contribution in [0.3, 0.4) is 0 Å². The average Bonchev–Trinajstić information content (AvgIpc) is 2.86. The molecule has 2 aromatic rings. The number of carboxylic acid groups (broad SMARTS) is 1. The number of carbonyl (C=O) groups excluding carboxylic acids is 3. The number of phenolic OH excluding ortho intramolecular Hbond substituents is 1. The minimum Gasteiger partial charge on any atom is -0.505 e. The number of Topliss-reactive ketones (excluding diaryl/α,β-unsaturated/α-hetero) is 1. The van der Waals surface area contributed by atoms with Crippen molar-refractivity contribution in [3.8, 4) is 5.75 Å². The number of para-hydroxylation sites is 2. The first-order chi connectivity index (χ1) is 14.7. The molecule has 0 radical (unpaired) electrons. The highest BCUT2D eigenvalue weighted by molar-refractivity contribution is 6.37. The van der Waals surface area contributed by atoms with Gasteiger partial charge in [0.1, 0.15) is 12.5 Å². The van der Waals surface area contributed by atoms with Gasteiger partial charge >= 0.3 is 5.97 Å². The van der Waals surface area contributed by atoms with Crippen molar-refractivity contribution in [1.82, 2.24) is 5.32 Å². The SMILES string of the molecule is O=C(O)CN1C(=O)[C@H](C(=O)CNC(=O)c2cc(Cl)c(O)c(Cl)c2)CNc2ccccc21. The van der Waals surface area contributed by atoms with Crippen LogP contribution in [-0.2, 0) is 14.4 Å². The van der Waals surface area contributed by atoms with Crippen LogP contribution in [0.4, 0.5) is 11.4 Å². The normalized spacial score (nSPS) is 15.5. The van der Waals surface area contributed by atoms with Gasteiger partial charge in [-0.15, -0.1) is 0 Å². The Hall–Kier alpha value is -3.30. The van der Waals surface area contributed by atoms with Crippen LogP contribution in [0.1, 0.15) is 10.4 Å². The average molecular weight is 466 g/mol. The highest BCUT2D eigenvalue weighted by atomic mass is 35.5. The molecule has 0 saturated carbocycles. The summed E-state index contributed by atoms with van der Waals surface area (Å²) in [6.07, 6.45) is 0. The maximum absolute atomic E-state index is 13.0. The van der Waals surface area contributed by atoms with Crippen LogP contribution in [0.15, 0.2) is 36.4 Å². The van der Waals surface area contributed by atoms with Crippen LogP contribution in [-0.4, -0.2) is 53.4 Å². The zero-order valence-corrected chi connectivity index (χ0v) is 17.4. The Labute approximate surface area is 186 Å². The van der Waals surface area contributed by atoms with Gasteiger partial charge < -0.3 is 20.8 Å². The van der Waals surface area contributed by atoms with E-state index in [9.17, 15) is 29.4 Å². The molecule has 0 fully saturated rings. The number of hydrogen-bond donors (Lipinski definition) is 4. The molecule has 0 aliphatic carbocycles. The van der Waals surface area contributed by atoms with Crippen molar-refractivity contribution in [3.63, 3.8) is 0 Å². The topological polar surface area (TPSA) is 136 Å². The molecule has 1 aliphatic heterocycles. The minimum atomic E-state index is -1.23. The summed E-state index contributed by atoms with van der Waals surface area (Å²) >= 11 is 11.6. The van der Waals surface area contributed by atoms with E-state index in [2.05, 4.69) is 10.6 Å². The summed E-state index contributed by atoms with van der Waals surface area (Å²) in [6, 6.07) is 8.99. The molecule has 0 saturated heterocycles. The van der Waals surface area contributed by atoms with E-state index in [4.69, 9.17) is 23.2 Å². The van der Waals surface area contributed by atoms with E-state index in [1.165, 1.54) is 12.1 Å². The van der Waals surface area contributed by atoms with Crippen LogP contribution < -0.4 is 15.5 Å². The third-order valence-electron chi connectivity index (χ3n) is 4.64. The number of nitrogens with one attached hydrogen (secondary N) is 2. The second kappa shape index (κ2) is 9.23. The Morgan fingerprint density at radius 1 is 1.16 bits per heavy atom. The van der Waals surface area contributed by atoms with Crippen LogP contribution in [0.2, 0.25) is 10.0 Å². The van der Waals surface area contributed by atoms with E-state index in [1.54, 1.807) is 24.3 Å². The minimum absolute atomic E-state index is 0.0193. The van der Waals surface area contributed by atoms with Gasteiger partial charge in [0.15, 0.2) is 11.5 Å². The number of halogens is 2. The maximum atomic E-state index is 13.0. The predicted molar refractivity (Wildman–Crippen MR) is 114 cm³/mol. The van der Waals surface area contributed by atoms with Gasteiger partial charge in [-0.25, -0.2) is 0 Å². The van der Waals surface area contributed by atoms with Crippen LogP contribution in [0, 0.1) is 5.92 Å². The van der Waals surface area contributed by atoms with Gasteiger partial charge in [-0.3, -0.25) is 24.1 Å². The number of ketones is 1. The molecule has 31 heavy (non-hydrogen) atoms. The molecule has 0 spiro atoms. The molecule has 1 heterocycles. The summed E-state index contributed by atoms with van der Waals surface area (Å²) in [6.45, 7) is -1.15. The number of carbonyl (C=O) groups is 4. The van der Waals surface area contributed by atoms with Crippen molar-refractivity contribution in [2.24, 2.45) is 5.92 Å². The monoisotopic (exact) mass is 465 g/mol. The first-order valence-corrected chi connectivity index (χ1v) is 9.79. The first kappa shape index (κ1) is 22.4. The fourth-order valence-electron chi connectivity index (χ4n) is 3.10. The number of amides is 2. The van der Waals surface area contributed by atoms with Gasteiger partial charge in [0, 0.05) is 12.1 Å². The summed E-state index contributed by atoms with van der Waals surface area (Å²) < 4.78 is 0. The Morgan fingerprint density at radius 3 is 2.45 bits per heavy atom. The van der Waals surface area contributed by atoms with Gasteiger partial charge in [-0.2, -0.15) is 0 Å². The lowest BCUT2D eigenvalue weighted by atomic mass is 10.0. The fourth-order valence-corrected chi connectivity index (χ4v) is 3.59. The molecule has 2 aromatic carbocycles. The van der Waals surface area contributed by atoms with Crippen molar-refractivity contribution in [1.29, 1.82) is 0 Å². The summed E-state index contributed by atoms with van der Waals surface area (Å²) in [4.78, 5) is 50.3. The van der Waals surface area contributed by atoms with Gasteiger partial charge in [0.2, 0.25) is 5.91 Å². The molecule has 9 nitrogen and oxygen atoms in total. The number of hydrogen-bond acceptors (Lipinski definition) is 6. The van der Waals surface area contributed by atoms with Crippen molar-refractivity contribution >= 4 is 58.1 Å². The van der Waals surface area contributed by atoms with E-state index in [-0.39, 0.29) is 27.9 Å². The van der Waals surface area contributed by atoms with Crippen molar-refractivity contribution in [2.45, 2.75) is 0 Å². The summed E-state index contributed by atoms with van der Waals surface area (Å²) in [7, 11) is 0. The number of aromatic hydroxyl groups is 1. The van der Waals surface area contributed by atoms with E-state index in [0.29, 0.717) is 11.4 Å². The number of fused-ring (bicyclic) bond motifs is 1. The number of nitrogens with zero attached hydrogens (tertiary/aromatic N) is 1. The molecule has 1 atom stereocenters. The van der Waals surface area contributed by atoms with Crippen LogP contribution in [0.25, 0.3) is 0 Å². The van der Waals surface area contributed by atoms with E-state index in [0.717, 1.165) is 4.90 Å². The van der Waals surface area contributed by atoms with Crippen molar-refractivity contribution < 1.29 is 29.4 Å². The van der Waals surface area contributed by atoms with E-state index >= 15 is 0 Å². The number of aliphatic carboxylic acids is 1. The molecule has 1 aliphatic rings. The third-order valence-corrected chi connectivity index (χ3v) is 5.22. The first-order valence-electron chi connectivity index (χ1n) is 9.04. The van der Waals surface area contributed by atoms with Crippen LogP contribution >= 0.6 is 23.2 Å². The van der Waals surface area contributed by atoms with Gasteiger partial charge in [-0.05, 0) is 24.3 Å². The summed E-state index contributed by atoms with van der Waals surface area (Å²) in [5, 5.41) is 23.9. The molecule has 11 heteroatoms. The standard InChI is InChI=1S/C20H17Cl2N3O6/c21-12-5-10(6-13(22)18(12)29)19(30)24-8-16(26)11-7-23-14-3-1-2-4-15(14)25(20(11)31)9-17(27)28/h1-6,11,23,29H,7-9H2,(H,24,30)(H,27,28)/t11-/m0/s1. The molecule has 2 amide bonds. The largest absolute Gasteiger partial charge is 0.505 e. The van der Waals surface area contributed by atoms with Crippen LogP contribution in [0.5, 0.6) is 5.75 Å². The Balaban J connectivity index is 1.75. The zero-order valence-electron chi connectivity index (χ0n) is 15.9. The predicted octanol–water partition coefficient (Wildman–Crippen LogP) is 2.16. The Bertz CT molecular complexity index is 1050.